The number of hydrogen-bond donors (Lipinski definition) is 1. The Morgan fingerprint density at radius 1 is 1.33 bits per heavy atom. The molecule has 0 aliphatic heterocycles. The molecule has 0 heterocycles. The minimum Gasteiger partial charge on any atom is -0.396 e. The molecule has 0 amide bonds. The van der Waals surface area contributed by atoms with Gasteiger partial charge in [0.05, 0.1) is 0 Å². The van der Waals surface area contributed by atoms with Crippen LogP contribution in [0, 0.1) is 9.49 Å². The predicted molar refractivity (Wildman–Crippen MR) is 59.1 cm³/mol. The van der Waals surface area contributed by atoms with Crippen LogP contribution in [-0.4, -0.2) is 11.7 Å². The van der Waals surface area contributed by atoms with Gasteiger partial charge in [-0.1, -0.05) is 19.1 Å². The molecule has 1 aromatic rings. The van der Waals surface area contributed by atoms with Crippen molar-refractivity contribution in [2.24, 2.45) is 5.92 Å². The zero-order chi connectivity index (χ0) is 8.97. The molecule has 1 N–H and O–H groups in total. The molecule has 1 aromatic carbocycles. The number of benzene rings is 1. The quantitative estimate of drug-likeness (QED) is 0.841. The van der Waals surface area contributed by atoms with Gasteiger partial charge in [-0.3, -0.25) is 0 Å². The molecule has 0 fully saturated rings. The smallest absolute Gasteiger partial charge is 0.0459 e. The number of halogens is 1. The van der Waals surface area contributed by atoms with Crippen LogP contribution >= 0.6 is 22.6 Å². The van der Waals surface area contributed by atoms with Crippen molar-refractivity contribution in [3.63, 3.8) is 0 Å². The molecule has 2 heteroatoms. The average Bonchev–Trinajstić information content (AvgIpc) is 2.09. The summed E-state index contributed by atoms with van der Waals surface area (Å²) in [6.07, 6.45) is 0.966. The molecule has 0 aliphatic carbocycles. The first kappa shape index (κ1) is 9.99. The maximum absolute atomic E-state index is 8.85. The molecule has 12 heavy (non-hydrogen) atoms. The highest BCUT2D eigenvalue weighted by molar-refractivity contribution is 14.1. The Kier molecular flexibility index (Phi) is 4.01. The van der Waals surface area contributed by atoms with Gasteiger partial charge in [-0.05, 0) is 52.6 Å². The van der Waals surface area contributed by atoms with Crippen molar-refractivity contribution in [2.45, 2.75) is 13.3 Å². The lowest BCUT2D eigenvalue weighted by atomic mass is 10.0. The summed E-state index contributed by atoms with van der Waals surface area (Å²) in [4.78, 5) is 0. The molecule has 66 valence electrons. The van der Waals surface area contributed by atoms with Gasteiger partial charge in [0.2, 0.25) is 0 Å². The summed E-state index contributed by atoms with van der Waals surface area (Å²) in [7, 11) is 0. The van der Waals surface area contributed by atoms with E-state index < -0.39 is 0 Å². The zero-order valence-corrected chi connectivity index (χ0v) is 9.28. The van der Waals surface area contributed by atoms with Crippen LogP contribution in [-0.2, 0) is 6.42 Å². The lowest BCUT2D eigenvalue weighted by Gasteiger charge is -2.06. The molecule has 1 nitrogen and oxygen atoms in total. The zero-order valence-electron chi connectivity index (χ0n) is 7.13. The molecule has 1 atom stereocenters. The van der Waals surface area contributed by atoms with Gasteiger partial charge in [0, 0.05) is 10.2 Å². The minimum atomic E-state index is 0.270. The van der Waals surface area contributed by atoms with E-state index in [0.717, 1.165) is 6.42 Å². The van der Waals surface area contributed by atoms with Crippen molar-refractivity contribution in [3.05, 3.63) is 33.4 Å². The van der Waals surface area contributed by atoms with E-state index in [4.69, 9.17) is 5.11 Å². The van der Waals surface area contributed by atoms with Crippen LogP contribution in [0.3, 0.4) is 0 Å². The number of aliphatic hydroxyl groups is 1. The molecule has 0 bridgehead atoms. The summed E-state index contributed by atoms with van der Waals surface area (Å²) in [5.41, 5.74) is 1.30. The Labute approximate surface area is 86.9 Å². The largest absolute Gasteiger partial charge is 0.396 e. The van der Waals surface area contributed by atoms with Gasteiger partial charge in [0.25, 0.3) is 0 Å². The summed E-state index contributed by atoms with van der Waals surface area (Å²) in [5.74, 6) is 0.366. The fourth-order valence-electron chi connectivity index (χ4n) is 1.09. The predicted octanol–water partition coefficient (Wildman–Crippen LogP) is 2.46. The molecule has 1 unspecified atom stereocenters. The van der Waals surface area contributed by atoms with Gasteiger partial charge >= 0.3 is 0 Å². The third kappa shape index (κ3) is 3.11. The highest BCUT2D eigenvalue weighted by Crippen LogP contribution is 2.10. The van der Waals surface area contributed by atoms with Crippen LogP contribution in [0.5, 0.6) is 0 Å². The standard InChI is InChI=1S/C10H13IO/c1-8(7-12)6-9-2-4-10(11)5-3-9/h2-5,8,12H,6-7H2,1H3. The van der Waals surface area contributed by atoms with E-state index >= 15 is 0 Å². The first-order valence-corrected chi connectivity index (χ1v) is 5.15. The van der Waals surface area contributed by atoms with Gasteiger partial charge in [-0.15, -0.1) is 0 Å². The van der Waals surface area contributed by atoms with Gasteiger partial charge in [0.1, 0.15) is 0 Å². The third-order valence-corrected chi connectivity index (χ3v) is 2.53. The molecule has 0 spiro atoms. The van der Waals surface area contributed by atoms with Crippen LogP contribution < -0.4 is 0 Å². The van der Waals surface area contributed by atoms with E-state index in [0.29, 0.717) is 5.92 Å². The van der Waals surface area contributed by atoms with Crippen LogP contribution in [0.4, 0.5) is 0 Å². The van der Waals surface area contributed by atoms with Gasteiger partial charge in [-0.2, -0.15) is 0 Å². The van der Waals surface area contributed by atoms with E-state index in [2.05, 4.69) is 53.8 Å². The average molecular weight is 276 g/mol. The van der Waals surface area contributed by atoms with Crippen LogP contribution in [0.1, 0.15) is 12.5 Å². The maximum atomic E-state index is 8.85. The Hall–Kier alpha value is -0.0900. The molecule has 0 saturated heterocycles. The normalized spacial score (nSPS) is 12.9. The topological polar surface area (TPSA) is 20.2 Å². The van der Waals surface area contributed by atoms with E-state index in [1.165, 1.54) is 9.13 Å². The van der Waals surface area contributed by atoms with Crippen molar-refractivity contribution < 1.29 is 5.11 Å². The first-order chi connectivity index (χ1) is 5.72. The van der Waals surface area contributed by atoms with Crippen molar-refractivity contribution in [1.29, 1.82) is 0 Å². The fraction of sp³-hybridized carbons (Fsp3) is 0.400. The highest BCUT2D eigenvalue weighted by Gasteiger charge is 2.00. The highest BCUT2D eigenvalue weighted by atomic mass is 127. The van der Waals surface area contributed by atoms with E-state index in [-0.39, 0.29) is 6.61 Å². The summed E-state index contributed by atoms with van der Waals surface area (Å²) in [6, 6.07) is 8.43. The van der Waals surface area contributed by atoms with Gasteiger partial charge in [0.15, 0.2) is 0 Å². The Bertz CT molecular complexity index is 230. The molecule has 0 aliphatic rings. The molecule has 1 rings (SSSR count). The first-order valence-electron chi connectivity index (χ1n) is 4.07. The van der Waals surface area contributed by atoms with Crippen LogP contribution in [0.2, 0.25) is 0 Å². The summed E-state index contributed by atoms with van der Waals surface area (Å²) in [5, 5.41) is 8.85. The lowest BCUT2D eigenvalue weighted by molar-refractivity contribution is 0.237. The Morgan fingerprint density at radius 3 is 2.42 bits per heavy atom. The molecule has 0 radical (unpaired) electrons. The molecule has 0 aromatic heterocycles. The third-order valence-electron chi connectivity index (χ3n) is 1.81. The summed E-state index contributed by atoms with van der Waals surface area (Å²) >= 11 is 2.29. The maximum Gasteiger partial charge on any atom is 0.0459 e. The second-order valence-electron chi connectivity index (χ2n) is 3.12. The fourth-order valence-corrected chi connectivity index (χ4v) is 1.45. The molecule has 0 saturated carbocycles. The van der Waals surface area contributed by atoms with E-state index in [9.17, 15) is 0 Å². The monoisotopic (exact) mass is 276 g/mol. The molecular formula is C10H13IO. The van der Waals surface area contributed by atoms with Crippen molar-refractivity contribution in [3.8, 4) is 0 Å². The van der Waals surface area contributed by atoms with Crippen molar-refractivity contribution in [1.82, 2.24) is 0 Å². The number of rotatable bonds is 3. The van der Waals surface area contributed by atoms with E-state index in [1.54, 1.807) is 0 Å². The lowest BCUT2D eigenvalue weighted by Crippen LogP contribution is -2.04. The Balaban J connectivity index is 2.58. The summed E-state index contributed by atoms with van der Waals surface area (Å²) in [6.45, 7) is 2.32. The van der Waals surface area contributed by atoms with Crippen LogP contribution in [0.25, 0.3) is 0 Å². The van der Waals surface area contributed by atoms with Gasteiger partial charge < -0.3 is 5.11 Å². The van der Waals surface area contributed by atoms with Crippen molar-refractivity contribution >= 4 is 22.6 Å². The molecular weight excluding hydrogens is 263 g/mol. The van der Waals surface area contributed by atoms with Crippen LogP contribution in [0.15, 0.2) is 24.3 Å². The number of hydrogen-bond acceptors (Lipinski definition) is 1. The van der Waals surface area contributed by atoms with Crippen molar-refractivity contribution in [2.75, 3.05) is 6.61 Å². The number of aliphatic hydroxyl groups excluding tert-OH is 1. The minimum absolute atomic E-state index is 0.270. The Morgan fingerprint density at radius 2 is 1.92 bits per heavy atom. The summed E-state index contributed by atoms with van der Waals surface area (Å²) < 4.78 is 1.26. The van der Waals surface area contributed by atoms with Gasteiger partial charge in [-0.25, -0.2) is 0 Å². The SMILES string of the molecule is CC(CO)Cc1ccc(I)cc1. The second kappa shape index (κ2) is 4.82. The second-order valence-corrected chi connectivity index (χ2v) is 4.36. The van der Waals surface area contributed by atoms with E-state index in [1.807, 2.05) is 0 Å².